The number of guanidine groups is 1. The first kappa shape index (κ1) is 23.8. The molecule has 6 nitrogen and oxygen atoms in total. The molecule has 2 aromatic rings. The Hall–Kier alpha value is -2.34. The zero-order valence-electron chi connectivity index (χ0n) is 20.4. The summed E-state index contributed by atoms with van der Waals surface area (Å²) >= 11 is 0. The highest BCUT2D eigenvalue weighted by Gasteiger charge is 2.25. The number of benzene rings is 1. The van der Waals surface area contributed by atoms with Crippen LogP contribution in [0.2, 0.25) is 0 Å². The van der Waals surface area contributed by atoms with Crippen LogP contribution in [0.1, 0.15) is 64.4 Å². The molecule has 1 aromatic heterocycles. The van der Waals surface area contributed by atoms with Crippen LogP contribution in [0.5, 0.6) is 0 Å². The molecule has 1 aromatic carbocycles. The smallest absolute Gasteiger partial charge is 0.254 e. The number of pyridine rings is 1. The Morgan fingerprint density at radius 1 is 1.06 bits per heavy atom. The van der Waals surface area contributed by atoms with Crippen LogP contribution in [0.25, 0.3) is 10.9 Å². The minimum atomic E-state index is 0.141. The highest BCUT2D eigenvalue weighted by Crippen LogP contribution is 2.24. The second-order valence-electron chi connectivity index (χ2n) is 10.3. The Bertz CT molecular complexity index is 1010. The number of rotatable bonds is 8. The van der Waals surface area contributed by atoms with Gasteiger partial charge in [-0.05, 0) is 82.4 Å². The molecule has 3 atom stereocenters. The summed E-state index contributed by atoms with van der Waals surface area (Å²) in [7, 11) is 0. The number of hydrogen-bond donors (Lipinski definition) is 2. The average Bonchev–Trinajstić information content (AvgIpc) is 3.26. The van der Waals surface area contributed by atoms with Crippen LogP contribution in [-0.2, 0) is 13.0 Å². The van der Waals surface area contributed by atoms with Gasteiger partial charge in [0, 0.05) is 37.3 Å². The number of nitrogens with two attached hydrogens (primary N) is 1. The van der Waals surface area contributed by atoms with Crippen LogP contribution in [0, 0.1) is 11.3 Å². The molecule has 0 bridgehead atoms. The van der Waals surface area contributed by atoms with E-state index in [-0.39, 0.29) is 11.5 Å². The highest BCUT2D eigenvalue weighted by molar-refractivity contribution is 5.79. The van der Waals surface area contributed by atoms with Gasteiger partial charge in [-0.2, -0.15) is 0 Å². The van der Waals surface area contributed by atoms with Gasteiger partial charge in [-0.25, -0.2) is 0 Å². The minimum absolute atomic E-state index is 0.141. The maximum Gasteiger partial charge on any atom is 0.254 e. The largest absolute Gasteiger partial charge is 0.370 e. The van der Waals surface area contributed by atoms with E-state index in [2.05, 4.69) is 43.0 Å². The van der Waals surface area contributed by atoms with E-state index >= 15 is 0 Å². The highest BCUT2D eigenvalue weighted by atomic mass is 16.1. The lowest BCUT2D eigenvalue weighted by molar-refractivity contribution is 0.101. The number of aryl methyl sites for hydroxylation is 1. The monoisotopic (exact) mass is 451 g/mol. The number of fused-ring (bicyclic) bond motifs is 1. The average molecular weight is 452 g/mol. The van der Waals surface area contributed by atoms with Crippen molar-refractivity contribution in [1.29, 1.82) is 5.41 Å². The summed E-state index contributed by atoms with van der Waals surface area (Å²) in [6, 6.07) is 11.8. The second-order valence-corrected chi connectivity index (χ2v) is 10.3. The van der Waals surface area contributed by atoms with Crippen molar-refractivity contribution >= 4 is 16.9 Å². The Balaban J connectivity index is 1.40. The van der Waals surface area contributed by atoms with Gasteiger partial charge in [0.25, 0.3) is 5.56 Å². The Morgan fingerprint density at radius 2 is 1.79 bits per heavy atom. The fraction of sp³-hybridized carbons (Fsp3) is 0.630. The number of piperidine rings is 1. The number of unbranched alkanes of at least 4 members (excludes halogenated alkanes) is 2. The Morgan fingerprint density at radius 3 is 2.52 bits per heavy atom. The molecule has 33 heavy (non-hydrogen) atoms. The van der Waals surface area contributed by atoms with Crippen LogP contribution in [-0.4, -0.2) is 52.0 Å². The van der Waals surface area contributed by atoms with Gasteiger partial charge in [-0.1, -0.05) is 31.0 Å². The molecule has 2 aliphatic rings. The van der Waals surface area contributed by atoms with E-state index in [0.29, 0.717) is 18.0 Å². The van der Waals surface area contributed by atoms with Gasteiger partial charge in [0.05, 0.1) is 5.52 Å². The van der Waals surface area contributed by atoms with E-state index < -0.39 is 0 Å². The molecule has 2 fully saturated rings. The van der Waals surface area contributed by atoms with E-state index in [0.717, 1.165) is 61.8 Å². The number of likely N-dealkylation sites (tertiary alicyclic amines) is 2. The topological polar surface area (TPSA) is 78.4 Å². The number of para-hydroxylation sites is 1. The molecular weight excluding hydrogens is 410 g/mol. The third-order valence-electron chi connectivity index (χ3n) is 7.89. The van der Waals surface area contributed by atoms with E-state index in [1.165, 1.54) is 32.2 Å². The summed E-state index contributed by atoms with van der Waals surface area (Å²) in [5.74, 6) is 0.520. The first-order valence-corrected chi connectivity index (χ1v) is 12.9. The SMILES string of the molecule is CC1CCCC(C)N1CCCCCn1c(=O)c(CC2CCN(C(=N)N)C2)cc2ccccc21. The van der Waals surface area contributed by atoms with Crippen molar-refractivity contribution in [2.24, 2.45) is 11.7 Å². The summed E-state index contributed by atoms with van der Waals surface area (Å²) in [5, 5.41) is 8.82. The van der Waals surface area contributed by atoms with Crippen LogP contribution >= 0.6 is 0 Å². The molecule has 180 valence electrons. The number of aromatic nitrogens is 1. The van der Waals surface area contributed by atoms with E-state index in [1.807, 2.05) is 15.5 Å². The molecule has 3 heterocycles. The minimum Gasteiger partial charge on any atom is -0.370 e. The third-order valence-corrected chi connectivity index (χ3v) is 7.89. The molecule has 2 aliphatic heterocycles. The van der Waals surface area contributed by atoms with Gasteiger partial charge in [-0.15, -0.1) is 0 Å². The van der Waals surface area contributed by atoms with Gasteiger partial charge in [0.2, 0.25) is 0 Å². The fourth-order valence-electron chi connectivity index (χ4n) is 5.94. The maximum absolute atomic E-state index is 13.5. The van der Waals surface area contributed by atoms with Gasteiger partial charge in [-0.3, -0.25) is 15.1 Å². The summed E-state index contributed by atoms with van der Waals surface area (Å²) in [6.45, 7) is 8.28. The molecule has 4 rings (SSSR count). The molecule has 0 saturated carbocycles. The summed E-state index contributed by atoms with van der Waals surface area (Å²) in [4.78, 5) is 18.0. The lowest BCUT2D eigenvalue weighted by Gasteiger charge is -2.39. The van der Waals surface area contributed by atoms with E-state index in [1.54, 1.807) is 0 Å². The van der Waals surface area contributed by atoms with Gasteiger partial charge in [0.15, 0.2) is 5.96 Å². The molecule has 0 amide bonds. The second kappa shape index (κ2) is 10.7. The summed E-state index contributed by atoms with van der Waals surface area (Å²) < 4.78 is 2.01. The van der Waals surface area contributed by atoms with Crippen LogP contribution in [0.3, 0.4) is 0 Å². The third kappa shape index (κ3) is 5.60. The molecule has 0 aliphatic carbocycles. The molecular formula is C27H41N5O. The predicted molar refractivity (Wildman–Crippen MR) is 137 cm³/mol. The van der Waals surface area contributed by atoms with E-state index in [4.69, 9.17) is 11.1 Å². The predicted octanol–water partition coefficient (Wildman–Crippen LogP) is 4.19. The molecule has 0 spiro atoms. The van der Waals surface area contributed by atoms with Crippen molar-refractivity contribution in [2.45, 2.75) is 83.8 Å². The first-order valence-electron chi connectivity index (χ1n) is 12.9. The molecule has 0 radical (unpaired) electrons. The van der Waals surface area contributed by atoms with Crippen LogP contribution in [0.15, 0.2) is 35.1 Å². The van der Waals surface area contributed by atoms with Crippen LogP contribution in [0.4, 0.5) is 0 Å². The van der Waals surface area contributed by atoms with E-state index in [9.17, 15) is 4.79 Å². The summed E-state index contributed by atoms with van der Waals surface area (Å²) in [5.41, 5.74) is 7.77. The van der Waals surface area contributed by atoms with Crippen molar-refractivity contribution in [1.82, 2.24) is 14.4 Å². The quantitative estimate of drug-likeness (QED) is 0.358. The van der Waals surface area contributed by atoms with Crippen LogP contribution < -0.4 is 11.3 Å². The maximum atomic E-state index is 13.5. The Labute approximate surface area is 198 Å². The van der Waals surface area contributed by atoms with Crippen molar-refractivity contribution < 1.29 is 0 Å². The Kier molecular flexibility index (Phi) is 7.74. The van der Waals surface area contributed by atoms with Gasteiger partial charge in [0.1, 0.15) is 0 Å². The standard InChI is InChI=1S/C27H41N5O/c1-20-9-8-10-21(2)31(20)14-6-3-7-15-32-25-12-5-4-11-23(25)18-24(26(32)33)17-22-13-16-30(19-22)27(28)29/h4-5,11-12,18,20-22H,3,6-10,13-17,19H2,1-2H3,(H3,28,29). The number of nitrogens with zero attached hydrogens (tertiary/aromatic N) is 3. The molecule has 2 saturated heterocycles. The number of hydrogen-bond acceptors (Lipinski definition) is 3. The van der Waals surface area contributed by atoms with Gasteiger partial charge >= 0.3 is 0 Å². The van der Waals surface area contributed by atoms with Crippen molar-refractivity contribution in [3.05, 3.63) is 46.2 Å². The van der Waals surface area contributed by atoms with Gasteiger partial charge < -0.3 is 15.2 Å². The fourth-order valence-corrected chi connectivity index (χ4v) is 5.94. The molecule has 6 heteroatoms. The van der Waals surface area contributed by atoms with Crippen molar-refractivity contribution in [3.8, 4) is 0 Å². The lowest BCUT2D eigenvalue weighted by Crippen LogP contribution is -2.44. The van der Waals surface area contributed by atoms with Crippen molar-refractivity contribution in [2.75, 3.05) is 19.6 Å². The first-order chi connectivity index (χ1) is 15.9. The zero-order valence-corrected chi connectivity index (χ0v) is 20.4. The summed E-state index contributed by atoms with van der Waals surface area (Å²) in [6.07, 6.45) is 9.14. The number of nitrogens with one attached hydrogen (secondary N) is 1. The van der Waals surface area contributed by atoms with Crippen molar-refractivity contribution in [3.63, 3.8) is 0 Å². The molecule has 3 unspecified atom stereocenters. The molecule has 3 N–H and O–H groups in total. The lowest BCUT2D eigenvalue weighted by atomic mass is 9.97. The zero-order chi connectivity index (χ0) is 23.4. The normalized spacial score (nSPS) is 23.9.